The summed E-state index contributed by atoms with van der Waals surface area (Å²) in [7, 11) is 2.16. The summed E-state index contributed by atoms with van der Waals surface area (Å²) >= 11 is 1.71. The number of hydrogen-bond donors (Lipinski definition) is 1. The van der Waals surface area contributed by atoms with Gasteiger partial charge in [-0.2, -0.15) is 0 Å². The first-order valence-corrected chi connectivity index (χ1v) is 13.0. The van der Waals surface area contributed by atoms with Crippen molar-refractivity contribution in [2.24, 2.45) is 10.9 Å². The second-order valence-corrected chi connectivity index (χ2v) is 9.29. The lowest BCUT2D eigenvalue weighted by molar-refractivity contribution is 0.0625. The first-order chi connectivity index (χ1) is 14.7. The van der Waals surface area contributed by atoms with E-state index in [1.54, 1.807) is 11.8 Å². The van der Waals surface area contributed by atoms with Crippen molar-refractivity contribution in [1.82, 2.24) is 25.0 Å². The molecule has 31 heavy (non-hydrogen) atoms. The zero-order valence-corrected chi connectivity index (χ0v) is 22.7. The van der Waals surface area contributed by atoms with E-state index < -0.39 is 0 Å². The lowest BCUT2D eigenvalue weighted by atomic mass is 9.96. The van der Waals surface area contributed by atoms with Crippen molar-refractivity contribution < 1.29 is 4.74 Å². The quantitative estimate of drug-likeness (QED) is 0.150. The second kappa shape index (κ2) is 14.6. The summed E-state index contributed by atoms with van der Waals surface area (Å²) in [5.41, 5.74) is 0. The van der Waals surface area contributed by atoms with E-state index in [1.165, 1.54) is 44.9 Å². The Kier molecular flexibility index (Phi) is 12.5. The van der Waals surface area contributed by atoms with Gasteiger partial charge in [0.05, 0.1) is 0 Å². The molecular weight excluding hydrogens is 523 g/mol. The summed E-state index contributed by atoms with van der Waals surface area (Å²) in [6, 6.07) is 0.592. The molecule has 7 nitrogen and oxygen atoms in total. The minimum Gasteiger partial charge on any atom is -0.381 e. The number of aryl methyl sites for hydroxylation is 1. The van der Waals surface area contributed by atoms with Gasteiger partial charge in [-0.25, -0.2) is 0 Å². The van der Waals surface area contributed by atoms with E-state index >= 15 is 0 Å². The van der Waals surface area contributed by atoms with Crippen molar-refractivity contribution in [3.8, 4) is 0 Å². The van der Waals surface area contributed by atoms with Crippen molar-refractivity contribution in [3.05, 3.63) is 5.82 Å². The highest BCUT2D eigenvalue weighted by atomic mass is 127. The van der Waals surface area contributed by atoms with Crippen molar-refractivity contribution in [2.45, 2.75) is 75.9 Å². The van der Waals surface area contributed by atoms with Gasteiger partial charge in [0.25, 0.3) is 0 Å². The molecule has 1 N–H and O–H groups in total. The molecule has 0 amide bonds. The number of aromatic nitrogens is 3. The number of aliphatic imine (C=N–C) groups is 1. The van der Waals surface area contributed by atoms with E-state index in [4.69, 9.17) is 9.73 Å². The molecule has 2 aliphatic rings. The highest BCUT2D eigenvalue weighted by Crippen LogP contribution is 2.33. The highest BCUT2D eigenvalue weighted by molar-refractivity contribution is 14.0. The van der Waals surface area contributed by atoms with E-state index in [0.717, 1.165) is 68.5 Å². The molecule has 1 aromatic heterocycles. The average molecular weight is 565 g/mol. The maximum atomic E-state index is 5.48. The standard InChI is InChI=1S/C22H40N6OS.HI/c1-4-23-21(27(2)15-11-18-12-16-29-17-13-18)24-14-7-10-20-25-26-22(30-3)28(20)19-8-5-6-9-19;/h18-19H,4-17H2,1-3H3,(H,23,24);1H. The topological polar surface area (TPSA) is 67.6 Å². The maximum absolute atomic E-state index is 5.48. The van der Waals surface area contributed by atoms with E-state index in [0.29, 0.717) is 6.04 Å². The monoisotopic (exact) mass is 564 g/mol. The van der Waals surface area contributed by atoms with Crippen LogP contribution in [0, 0.1) is 5.92 Å². The smallest absolute Gasteiger partial charge is 0.193 e. The molecule has 1 saturated carbocycles. The van der Waals surface area contributed by atoms with Crippen LogP contribution in [-0.4, -0.2) is 71.8 Å². The second-order valence-electron chi connectivity index (χ2n) is 8.52. The van der Waals surface area contributed by atoms with Crippen LogP contribution in [0.1, 0.15) is 70.2 Å². The van der Waals surface area contributed by atoms with Crippen LogP contribution >= 0.6 is 35.7 Å². The summed E-state index contributed by atoms with van der Waals surface area (Å²) in [6.45, 7) is 6.74. The Balaban J connectivity index is 0.00000341. The Morgan fingerprint density at radius 3 is 2.65 bits per heavy atom. The Morgan fingerprint density at radius 1 is 1.23 bits per heavy atom. The normalized spacial score (nSPS) is 18.2. The van der Waals surface area contributed by atoms with Crippen molar-refractivity contribution >= 4 is 41.7 Å². The molecule has 178 valence electrons. The van der Waals surface area contributed by atoms with E-state index in [2.05, 4.69) is 45.2 Å². The van der Waals surface area contributed by atoms with Gasteiger partial charge in [-0.05, 0) is 57.6 Å². The molecule has 2 heterocycles. The number of nitrogens with zero attached hydrogens (tertiary/aromatic N) is 5. The molecule has 3 rings (SSSR count). The predicted molar refractivity (Wildman–Crippen MR) is 140 cm³/mol. The third kappa shape index (κ3) is 8.07. The molecule has 0 aromatic carbocycles. The van der Waals surface area contributed by atoms with Gasteiger partial charge in [0, 0.05) is 52.4 Å². The zero-order valence-electron chi connectivity index (χ0n) is 19.5. The van der Waals surface area contributed by atoms with Crippen LogP contribution in [0.5, 0.6) is 0 Å². The van der Waals surface area contributed by atoms with Crippen LogP contribution in [0.2, 0.25) is 0 Å². The van der Waals surface area contributed by atoms with Crippen molar-refractivity contribution in [2.75, 3.05) is 46.2 Å². The maximum Gasteiger partial charge on any atom is 0.193 e. The Morgan fingerprint density at radius 2 is 1.97 bits per heavy atom. The Hall–Kier alpha value is -0.550. The van der Waals surface area contributed by atoms with Gasteiger partial charge in [-0.3, -0.25) is 4.99 Å². The molecule has 9 heteroatoms. The molecule has 1 aliphatic carbocycles. The van der Waals surface area contributed by atoms with Crippen molar-refractivity contribution in [1.29, 1.82) is 0 Å². The first-order valence-electron chi connectivity index (χ1n) is 11.8. The van der Waals surface area contributed by atoms with Gasteiger partial charge >= 0.3 is 0 Å². The average Bonchev–Trinajstić information content (AvgIpc) is 3.44. The van der Waals surface area contributed by atoms with Gasteiger partial charge < -0.3 is 19.5 Å². The molecular formula is C22H41IN6OS. The van der Waals surface area contributed by atoms with Crippen LogP contribution in [0.15, 0.2) is 10.1 Å². The number of halogens is 1. The number of hydrogen-bond acceptors (Lipinski definition) is 5. The predicted octanol–water partition coefficient (Wildman–Crippen LogP) is 4.38. The fourth-order valence-corrected chi connectivity index (χ4v) is 5.13. The first kappa shape index (κ1) is 26.7. The third-order valence-corrected chi connectivity index (χ3v) is 6.98. The third-order valence-electron chi connectivity index (χ3n) is 6.34. The SMILES string of the molecule is CCNC(=NCCCc1nnc(SC)n1C1CCCC1)N(C)CCC1CCOCC1.I. The molecule has 0 unspecified atom stereocenters. The largest absolute Gasteiger partial charge is 0.381 e. The van der Waals surface area contributed by atoms with Crippen LogP contribution in [0.25, 0.3) is 0 Å². The van der Waals surface area contributed by atoms with Crippen LogP contribution in [0.3, 0.4) is 0 Å². The molecule has 2 fully saturated rings. The fourth-order valence-electron chi connectivity index (χ4n) is 4.56. The highest BCUT2D eigenvalue weighted by Gasteiger charge is 2.23. The summed E-state index contributed by atoms with van der Waals surface area (Å²) in [4.78, 5) is 7.17. The van der Waals surface area contributed by atoms with Crippen LogP contribution in [0.4, 0.5) is 0 Å². The summed E-state index contributed by atoms with van der Waals surface area (Å²) < 4.78 is 7.89. The molecule has 0 spiro atoms. The Bertz CT molecular complexity index is 658. The fraction of sp³-hybridized carbons (Fsp3) is 0.864. The van der Waals surface area contributed by atoms with Gasteiger partial charge in [-0.1, -0.05) is 24.6 Å². The van der Waals surface area contributed by atoms with Gasteiger partial charge in [0.2, 0.25) is 0 Å². The number of guanidine groups is 1. The van der Waals surface area contributed by atoms with Gasteiger partial charge in [-0.15, -0.1) is 34.2 Å². The molecule has 1 saturated heterocycles. The number of rotatable bonds is 10. The summed E-state index contributed by atoms with van der Waals surface area (Å²) in [6.07, 6.45) is 12.8. The van der Waals surface area contributed by atoms with Crippen LogP contribution < -0.4 is 5.32 Å². The van der Waals surface area contributed by atoms with E-state index in [1.807, 2.05) is 0 Å². The number of thioether (sulfide) groups is 1. The number of ether oxygens (including phenoxy) is 1. The Labute approximate surface area is 209 Å². The number of nitrogens with one attached hydrogen (secondary N) is 1. The molecule has 1 aliphatic heterocycles. The van der Waals surface area contributed by atoms with E-state index in [-0.39, 0.29) is 24.0 Å². The van der Waals surface area contributed by atoms with Crippen LogP contribution in [-0.2, 0) is 11.2 Å². The minimum absolute atomic E-state index is 0. The van der Waals surface area contributed by atoms with Gasteiger partial charge in [0.15, 0.2) is 11.1 Å². The summed E-state index contributed by atoms with van der Waals surface area (Å²) in [5, 5.41) is 13.5. The van der Waals surface area contributed by atoms with Gasteiger partial charge in [0.1, 0.15) is 5.82 Å². The van der Waals surface area contributed by atoms with E-state index in [9.17, 15) is 0 Å². The molecule has 0 bridgehead atoms. The lowest BCUT2D eigenvalue weighted by Crippen LogP contribution is -2.40. The van der Waals surface area contributed by atoms with Crippen molar-refractivity contribution in [3.63, 3.8) is 0 Å². The lowest BCUT2D eigenvalue weighted by Gasteiger charge is -2.26. The molecule has 0 radical (unpaired) electrons. The zero-order chi connectivity index (χ0) is 21.2. The minimum atomic E-state index is 0. The molecule has 1 aromatic rings. The molecule has 0 atom stereocenters. The summed E-state index contributed by atoms with van der Waals surface area (Å²) in [5.74, 6) is 2.95.